The summed E-state index contributed by atoms with van der Waals surface area (Å²) in [6.45, 7) is 5.25. The second kappa shape index (κ2) is 6.43. The Labute approximate surface area is 146 Å². The number of aromatic nitrogens is 1. The standard InChI is InChI=1S/C20H21N3O2/c1-13(24)22-14-7-6-8-15(11-14)23-19(25)20(2,3)17-12-21-18-10-5-4-9-16(17)18/h4-12,21H,1-3H3,(H,22,24)(H,23,25). The van der Waals surface area contributed by atoms with Crippen molar-refractivity contribution in [2.24, 2.45) is 0 Å². The van der Waals surface area contributed by atoms with Crippen LogP contribution in [0, 0.1) is 0 Å². The summed E-state index contributed by atoms with van der Waals surface area (Å²) < 4.78 is 0. The number of H-pyrrole nitrogens is 1. The number of hydrogen-bond donors (Lipinski definition) is 3. The summed E-state index contributed by atoms with van der Waals surface area (Å²) in [6.07, 6.45) is 1.89. The number of carbonyl (C=O) groups excluding carboxylic acids is 2. The van der Waals surface area contributed by atoms with Crippen LogP contribution in [0.4, 0.5) is 11.4 Å². The molecule has 25 heavy (non-hydrogen) atoms. The van der Waals surface area contributed by atoms with Crippen LogP contribution in [-0.2, 0) is 15.0 Å². The molecule has 1 heterocycles. The van der Waals surface area contributed by atoms with Gasteiger partial charge in [0.25, 0.3) is 0 Å². The van der Waals surface area contributed by atoms with E-state index in [0.29, 0.717) is 11.4 Å². The molecule has 0 atom stereocenters. The van der Waals surface area contributed by atoms with E-state index in [1.165, 1.54) is 6.92 Å². The third-order valence-electron chi connectivity index (χ3n) is 4.27. The lowest BCUT2D eigenvalue weighted by atomic mass is 9.83. The first-order valence-corrected chi connectivity index (χ1v) is 8.13. The molecular weight excluding hydrogens is 314 g/mol. The summed E-state index contributed by atoms with van der Waals surface area (Å²) >= 11 is 0. The van der Waals surface area contributed by atoms with Gasteiger partial charge in [-0.2, -0.15) is 0 Å². The maximum Gasteiger partial charge on any atom is 0.234 e. The summed E-state index contributed by atoms with van der Waals surface area (Å²) in [6, 6.07) is 15.0. The van der Waals surface area contributed by atoms with E-state index in [2.05, 4.69) is 15.6 Å². The van der Waals surface area contributed by atoms with E-state index >= 15 is 0 Å². The van der Waals surface area contributed by atoms with Gasteiger partial charge in [-0.3, -0.25) is 9.59 Å². The van der Waals surface area contributed by atoms with Crippen LogP contribution in [-0.4, -0.2) is 16.8 Å². The summed E-state index contributed by atoms with van der Waals surface area (Å²) in [5.74, 6) is -0.264. The molecule has 0 bridgehead atoms. The molecule has 2 amide bonds. The van der Waals surface area contributed by atoms with Crippen molar-refractivity contribution in [2.75, 3.05) is 10.6 Å². The molecule has 0 saturated heterocycles. The molecule has 0 unspecified atom stereocenters. The van der Waals surface area contributed by atoms with Gasteiger partial charge in [-0.1, -0.05) is 24.3 Å². The van der Waals surface area contributed by atoms with Gasteiger partial charge in [0.1, 0.15) is 0 Å². The van der Waals surface area contributed by atoms with E-state index in [4.69, 9.17) is 0 Å². The van der Waals surface area contributed by atoms with Crippen molar-refractivity contribution in [3.05, 3.63) is 60.3 Å². The molecule has 0 fully saturated rings. The quantitative estimate of drug-likeness (QED) is 0.673. The Balaban J connectivity index is 1.86. The van der Waals surface area contributed by atoms with Crippen molar-refractivity contribution < 1.29 is 9.59 Å². The van der Waals surface area contributed by atoms with E-state index in [1.807, 2.05) is 44.3 Å². The van der Waals surface area contributed by atoms with E-state index in [0.717, 1.165) is 16.5 Å². The van der Waals surface area contributed by atoms with Gasteiger partial charge in [-0.15, -0.1) is 0 Å². The third-order valence-corrected chi connectivity index (χ3v) is 4.27. The molecular formula is C20H21N3O2. The van der Waals surface area contributed by atoms with Crippen LogP contribution >= 0.6 is 0 Å². The molecule has 0 spiro atoms. The monoisotopic (exact) mass is 335 g/mol. The van der Waals surface area contributed by atoms with Gasteiger partial charge in [0, 0.05) is 35.4 Å². The number of benzene rings is 2. The number of anilines is 2. The minimum absolute atomic E-state index is 0.114. The average Bonchev–Trinajstić information content (AvgIpc) is 2.99. The fraction of sp³-hybridized carbons (Fsp3) is 0.200. The van der Waals surface area contributed by atoms with E-state index in [-0.39, 0.29) is 11.8 Å². The highest BCUT2D eigenvalue weighted by atomic mass is 16.2. The summed E-state index contributed by atoms with van der Waals surface area (Å²) in [5.41, 5.74) is 2.52. The lowest BCUT2D eigenvalue weighted by Crippen LogP contribution is -2.34. The largest absolute Gasteiger partial charge is 0.361 e. The van der Waals surface area contributed by atoms with Gasteiger partial charge in [0.15, 0.2) is 0 Å². The highest BCUT2D eigenvalue weighted by molar-refractivity contribution is 6.02. The van der Waals surface area contributed by atoms with Gasteiger partial charge in [0.05, 0.1) is 5.41 Å². The first-order chi connectivity index (χ1) is 11.9. The van der Waals surface area contributed by atoms with E-state index < -0.39 is 5.41 Å². The number of amides is 2. The predicted molar refractivity (Wildman–Crippen MR) is 101 cm³/mol. The smallest absolute Gasteiger partial charge is 0.234 e. The van der Waals surface area contributed by atoms with Crippen LogP contribution in [0.25, 0.3) is 10.9 Å². The number of para-hydroxylation sites is 1. The molecule has 3 rings (SSSR count). The molecule has 1 aromatic heterocycles. The van der Waals surface area contributed by atoms with Crippen LogP contribution in [0.2, 0.25) is 0 Å². The van der Waals surface area contributed by atoms with Crippen LogP contribution in [0.1, 0.15) is 26.3 Å². The van der Waals surface area contributed by atoms with Crippen molar-refractivity contribution in [3.8, 4) is 0 Å². The minimum atomic E-state index is -0.719. The second-order valence-electron chi connectivity index (χ2n) is 6.59. The molecule has 3 aromatic rings. The van der Waals surface area contributed by atoms with Crippen LogP contribution in [0.3, 0.4) is 0 Å². The van der Waals surface area contributed by atoms with E-state index in [9.17, 15) is 9.59 Å². The number of nitrogens with one attached hydrogen (secondary N) is 3. The molecule has 0 radical (unpaired) electrons. The normalized spacial score (nSPS) is 11.3. The number of hydrogen-bond acceptors (Lipinski definition) is 2. The highest BCUT2D eigenvalue weighted by Crippen LogP contribution is 2.31. The zero-order valence-corrected chi connectivity index (χ0v) is 14.5. The van der Waals surface area contributed by atoms with Gasteiger partial charge in [0.2, 0.25) is 11.8 Å². The van der Waals surface area contributed by atoms with Crippen molar-refractivity contribution in [2.45, 2.75) is 26.2 Å². The Morgan fingerprint density at radius 1 is 0.960 bits per heavy atom. The first kappa shape index (κ1) is 16.8. The Bertz CT molecular complexity index is 941. The lowest BCUT2D eigenvalue weighted by molar-refractivity contribution is -0.120. The van der Waals surface area contributed by atoms with Crippen molar-refractivity contribution >= 4 is 34.1 Å². The van der Waals surface area contributed by atoms with Gasteiger partial charge in [-0.25, -0.2) is 0 Å². The zero-order chi connectivity index (χ0) is 18.0. The highest BCUT2D eigenvalue weighted by Gasteiger charge is 2.32. The molecule has 3 N–H and O–H groups in total. The molecule has 0 saturated carbocycles. The van der Waals surface area contributed by atoms with Crippen LogP contribution in [0.5, 0.6) is 0 Å². The molecule has 5 nitrogen and oxygen atoms in total. The number of aromatic amines is 1. The molecule has 0 aliphatic rings. The molecule has 2 aromatic carbocycles. The maximum absolute atomic E-state index is 12.9. The van der Waals surface area contributed by atoms with Crippen LogP contribution < -0.4 is 10.6 Å². The Morgan fingerprint density at radius 3 is 2.36 bits per heavy atom. The molecule has 0 aliphatic carbocycles. The molecule has 128 valence electrons. The van der Waals surface area contributed by atoms with E-state index in [1.54, 1.807) is 24.3 Å². The average molecular weight is 335 g/mol. The van der Waals surface area contributed by atoms with Crippen molar-refractivity contribution in [1.82, 2.24) is 4.98 Å². The lowest BCUT2D eigenvalue weighted by Gasteiger charge is -2.23. The second-order valence-corrected chi connectivity index (χ2v) is 6.59. The Hall–Kier alpha value is -3.08. The van der Waals surface area contributed by atoms with Gasteiger partial charge in [-0.05, 0) is 43.7 Å². The van der Waals surface area contributed by atoms with Crippen molar-refractivity contribution in [3.63, 3.8) is 0 Å². The topological polar surface area (TPSA) is 74.0 Å². The summed E-state index contributed by atoms with van der Waals surface area (Å²) in [4.78, 5) is 27.3. The number of fused-ring (bicyclic) bond motifs is 1. The fourth-order valence-corrected chi connectivity index (χ4v) is 2.88. The fourth-order valence-electron chi connectivity index (χ4n) is 2.88. The zero-order valence-electron chi connectivity index (χ0n) is 14.5. The molecule has 0 aliphatic heterocycles. The Kier molecular flexibility index (Phi) is 4.31. The summed E-state index contributed by atoms with van der Waals surface area (Å²) in [7, 11) is 0. The Morgan fingerprint density at radius 2 is 1.64 bits per heavy atom. The first-order valence-electron chi connectivity index (χ1n) is 8.13. The van der Waals surface area contributed by atoms with Gasteiger partial charge >= 0.3 is 0 Å². The third kappa shape index (κ3) is 3.40. The number of rotatable bonds is 4. The predicted octanol–water partition coefficient (Wildman–Crippen LogP) is 4.04. The summed E-state index contributed by atoms with van der Waals surface area (Å²) in [5, 5.41) is 6.70. The number of carbonyl (C=O) groups is 2. The minimum Gasteiger partial charge on any atom is -0.361 e. The maximum atomic E-state index is 12.9. The molecule has 5 heteroatoms. The SMILES string of the molecule is CC(=O)Nc1cccc(NC(=O)C(C)(C)c2c[nH]c3ccccc23)c1. The van der Waals surface area contributed by atoms with Gasteiger partial charge < -0.3 is 15.6 Å². The van der Waals surface area contributed by atoms with Crippen molar-refractivity contribution in [1.29, 1.82) is 0 Å². The van der Waals surface area contributed by atoms with Crippen LogP contribution in [0.15, 0.2) is 54.7 Å².